The first kappa shape index (κ1) is 21.6. The highest BCUT2D eigenvalue weighted by Crippen LogP contribution is 2.29. The van der Waals surface area contributed by atoms with Gasteiger partial charge in [0.15, 0.2) is 0 Å². The Hall–Kier alpha value is -2.63. The molecule has 3 N–H and O–H groups in total. The van der Waals surface area contributed by atoms with Crippen molar-refractivity contribution >= 4 is 27.5 Å². The highest BCUT2D eigenvalue weighted by molar-refractivity contribution is 9.10. The summed E-state index contributed by atoms with van der Waals surface area (Å²) in [6.07, 6.45) is 1.97. The van der Waals surface area contributed by atoms with Crippen LogP contribution in [0.25, 0.3) is 0 Å². The third kappa shape index (κ3) is 5.54. The average Bonchev–Trinajstić information content (AvgIpc) is 2.83. The molecule has 0 radical (unpaired) electrons. The summed E-state index contributed by atoms with van der Waals surface area (Å²) >= 11 is 3.46. The fourth-order valence-corrected chi connectivity index (χ4v) is 4.41. The van der Waals surface area contributed by atoms with Gasteiger partial charge < -0.3 is 16.0 Å². The molecule has 1 heterocycles. The predicted octanol–water partition coefficient (Wildman–Crippen LogP) is 5.54. The van der Waals surface area contributed by atoms with Crippen LogP contribution in [-0.4, -0.2) is 23.9 Å². The van der Waals surface area contributed by atoms with E-state index in [0.29, 0.717) is 12.5 Å². The lowest BCUT2D eigenvalue weighted by Gasteiger charge is -2.32. The molecule has 31 heavy (non-hydrogen) atoms. The van der Waals surface area contributed by atoms with Crippen molar-refractivity contribution in [2.75, 3.05) is 18.4 Å². The summed E-state index contributed by atoms with van der Waals surface area (Å²) < 4.78 is 1.07. The Kier molecular flexibility index (Phi) is 7.05. The number of nitrogens with one attached hydrogen (secondary N) is 1. The van der Waals surface area contributed by atoms with Crippen LogP contribution in [0.2, 0.25) is 0 Å². The van der Waals surface area contributed by atoms with Gasteiger partial charge in [0.1, 0.15) is 0 Å². The molecule has 0 unspecified atom stereocenters. The molecule has 1 aliphatic heterocycles. The minimum atomic E-state index is 0.112. The highest BCUT2D eigenvalue weighted by Gasteiger charge is 2.24. The number of anilines is 1. The van der Waals surface area contributed by atoms with E-state index in [0.717, 1.165) is 48.2 Å². The Morgan fingerprint density at radius 3 is 2.45 bits per heavy atom. The van der Waals surface area contributed by atoms with E-state index in [4.69, 9.17) is 5.73 Å². The van der Waals surface area contributed by atoms with Crippen molar-refractivity contribution < 1.29 is 4.79 Å². The van der Waals surface area contributed by atoms with E-state index >= 15 is 0 Å². The maximum atomic E-state index is 13.1. The van der Waals surface area contributed by atoms with E-state index in [1.165, 1.54) is 16.7 Å². The molecular weight excluding hydrogens is 450 g/mol. The van der Waals surface area contributed by atoms with Gasteiger partial charge in [-0.2, -0.15) is 0 Å². The van der Waals surface area contributed by atoms with E-state index in [9.17, 15) is 4.79 Å². The van der Waals surface area contributed by atoms with Crippen molar-refractivity contribution in [1.29, 1.82) is 0 Å². The second-order valence-corrected chi connectivity index (χ2v) is 8.99. The van der Waals surface area contributed by atoms with Crippen molar-refractivity contribution in [3.05, 3.63) is 99.5 Å². The van der Waals surface area contributed by atoms with E-state index in [1.54, 1.807) is 0 Å². The first-order chi connectivity index (χ1) is 15.1. The number of nitrogens with two attached hydrogens (primary N) is 1. The molecule has 1 saturated heterocycles. The number of carbonyl (C=O) groups excluding carboxylic acids is 1. The van der Waals surface area contributed by atoms with Crippen LogP contribution in [0.5, 0.6) is 0 Å². The molecule has 5 heteroatoms. The number of carbonyl (C=O) groups is 1. The highest BCUT2D eigenvalue weighted by atomic mass is 79.9. The maximum absolute atomic E-state index is 13.1. The zero-order valence-electron chi connectivity index (χ0n) is 17.6. The van der Waals surface area contributed by atoms with Crippen molar-refractivity contribution in [2.24, 2.45) is 5.73 Å². The summed E-state index contributed by atoms with van der Waals surface area (Å²) in [5.74, 6) is 0.607. The SMILES string of the molecule is NCc1cccc(C2CCN(C(=O)c3cccc(NCc4ccc(Br)cc4)c3)CC2)c1. The van der Waals surface area contributed by atoms with Crippen LogP contribution in [0.3, 0.4) is 0 Å². The molecule has 0 atom stereocenters. The number of nitrogens with zero attached hydrogens (tertiary/aromatic N) is 1. The molecule has 0 aliphatic carbocycles. The lowest BCUT2D eigenvalue weighted by atomic mass is 9.88. The standard InChI is InChI=1S/C26H28BrN3O/c27-24-9-7-19(8-10-24)18-29-25-6-2-5-23(16-25)26(31)30-13-11-21(12-14-30)22-4-1-3-20(15-22)17-28/h1-10,15-16,21,29H,11-14,17-18,28H2. The summed E-state index contributed by atoms with van der Waals surface area (Å²) in [4.78, 5) is 15.1. The van der Waals surface area contributed by atoms with Gasteiger partial charge in [0.25, 0.3) is 5.91 Å². The van der Waals surface area contributed by atoms with Gasteiger partial charge in [0.05, 0.1) is 0 Å². The zero-order valence-corrected chi connectivity index (χ0v) is 19.1. The Morgan fingerprint density at radius 1 is 0.968 bits per heavy atom. The lowest BCUT2D eigenvalue weighted by molar-refractivity contribution is 0.0713. The quantitative estimate of drug-likeness (QED) is 0.489. The molecule has 1 aliphatic rings. The molecule has 1 amide bonds. The van der Waals surface area contributed by atoms with Crippen molar-refractivity contribution in [1.82, 2.24) is 4.90 Å². The van der Waals surface area contributed by atoms with Gasteiger partial charge >= 0.3 is 0 Å². The number of amides is 1. The largest absolute Gasteiger partial charge is 0.381 e. The normalized spacial score (nSPS) is 14.5. The number of halogens is 1. The van der Waals surface area contributed by atoms with Crippen LogP contribution < -0.4 is 11.1 Å². The van der Waals surface area contributed by atoms with Gasteiger partial charge in [-0.25, -0.2) is 0 Å². The van der Waals surface area contributed by atoms with Crippen LogP contribution in [0.4, 0.5) is 5.69 Å². The van der Waals surface area contributed by atoms with E-state index in [2.05, 4.69) is 57.6 Å². The average molecular weight is 478 g/mol. The van der Waals surface area contributed by atoms with Crippen LogP contribution >= 0.6 is 15.9 Å². The van der Waals surface area contributed by atoms with Crippen molar-refractivity contribution in [3.63, 3.8) is 0 Å². The molecular formula is C26H28BrN3O. The third-order valence-corrected chi connectivity index (χ3v) is 6.49. The number of rotatable bonds is 6. The van der Waals surface area contributed by atoms with Crippen LogP contribution in [0, 0.1) is 0 Å². The zero-order chi connectivity index (χ0) is 21.6. The van der Waals surface area contributed by atoms with Crippen molar-refractivity contribution in [2.45, 2.75) is 31.8 Å². The molecule has 4 rings (SSSR count). The molecule has 0 aromatic heterocycles. The van der Waals surface area contributed by atoms with E-state index in [-0.39, 0.29) is 5.91 Å². The number of likely N-dealkylation sites (tertiary alicyclic amines) is 1. The Balaban J connectivity index is 1.35. The number of piperidine rings is 1. The minimum Gasteiger partial charge on any atom is -0.381 e. The maximum Gasteiger partial charge on any atom is 0.253 e. The molecule has 4 nitrogen and oxygen atoms in total. The molecule has 0 bridgehead atoms. The molecule has 3 aromatic rings. The second kappa shape index (κ2) is 10.1. The first-order valence-electron chi connectivity index (χ1n) is 10.8. The van der Waals surface area contributed by atoms with Gasteiger partial charge in [-0.1, -0.05) is 58.4 Å². The Morgan fingerprint density at radius 2 is 1.71 bits per heavy atom. The van der Waals surface area contributed by atoms with Crippen molar-refractivity contribution in [3.8, 4) is 0 Å². The first-order valence-corrected chi connectivity index (χ1v) is 11.6. The fraction of sp³-hybridized carbons (Fsp3) is 0.269. The predicted molar refractivity (Wildman–Crippen MR) is 130 cm³/mol. The Labute approximate surface area is 192 Å². The summed E-state index contributed by atoms with van der Waals surface area (Å²) in [5.41, 5.74) is 11.2. The summed E-state index contributed by atoms with van der Waals surface area (Å²) in [6, 6.07) is 24.6. The minimum absolute atomic E-state index is 0.112. The molecule has 0 saturated carbocycles. The number of hydrogen-bond donors (Lipinski definition) is 2. The summed E-state index contributed by atoms with van der Waals surface area (Å²) in [5, 5.41) is 3.42. The van der Waals surface area contributed by atoms with Crippen LogP contribution in [0.1, 0.15) is 45.8 Å². The molecule has 1 fully saturated rings. The summed E-state index contributed by atoms with van der Waals surface area (Å²) in [6.45, 7) is 2.86. The topological polar surface area (TPSA) is 58.4 Å². The Bertz CT molecular complexity index is 1030. The number of hydrogen-bond acceptors (Lipinski definition) is 3. The smallest absolute Gasteiger partial charge is 0.253 e. The van der Waals surface area contributed by atoms with Crippen LogP contribution in [0.15, 0.2) is 77.3 Å². The van der Waals surface area contributed by atoms with Gasteiger partial charge in [-0.15, -0.1) is 0 Å². The van der Waals surface area contributed by atoms with Crippen LogP contribution in [-0.2, 0) is 13.1 Å². The van der Waals surface area contributed by atoms with Gasteiger partial charge in [0, 0.05) is 41.9 Å². The van der Waals surface area contributed by atoms with E-state index in [1.807, 2.05) is 41.3 Å². The molecule has 160 valence electrons. The fourth-order valence-electron chi connectivity index (χ4n) is 4.14. The second-order valence-electron chi connectivity index (χ2n) is 8.08. The summed E-state index contributed by atoms with van der Waals surface area (Å²) in [7, 11) is 0. The lowest BCUT2D eigenvalue weighted by Crippen LogP contribution is -2.37. The van der Waals surface area contributed by atoms with Gasteiger partial charge in [0.2, 0.25) is 0 Å². The van der Waals surface area contributed by atoms with Gasteiger partial charge in [-0.3, -0.25) is 4.79 Å². The van der Waals surface area contributed by atoms with Gasteiger partial charge in [-0.05, 0) is 65.8 Å². The molecule has 3 aromatic carbocycles. The molecule has 0 spiro atoms. The number of benzene rings is 3. The van der Waals surface area contributed by atoms with E-state index < -0.39 is 0 Å². The monoisotopic (exact) mass is 477 g/mol. The third-order valence-electron chi connectivity index (χ3n) is 5.96.